The fourth-order valence-electron chi connectivity index (χ4n) is 3.08. The van der Waals surface area contributed by atoms with Crippen molar-refractivity contribution in [3.05, 3.63) is 23.8 Å². The van der Waals surface area contributed by atoms with Crippen molar-refractivity contribution >= 4 is 23.6 Å². The van der Waals surface area contributed by atoms with Crippen molar-refractivity contribution in [1.82, 2.24) is 10.6 Å². The van der Waals surface area contributed by atoms with Crippen LogP contribution in [0, 0.1) is 0 Å². The average molecular weight is 405 g/mol. The Morgan fingerprint density at radius 3 is 2.52 bits per heavy atom. The van der Waals surface area contributed by atoms with Gasteiger partial charge in [0, 0.05) is 23.7 Å². The van der Waals surface area contributed by atoms with E-state index in [1.54, 1.807) is 47.8 Å². The second-order valence-electron chi connectivity index (χ2n) is 8.86. The Kier molecular flexibility index (Phi) is 6.77. The van der Waals surface area contributed by atoms with E-state index in [-0.39, 0.29) is 18.2 Å². The predicted octanol–water partition coefficient (Wildman–Crippen LogP) is 2.76. The lowest BCUT2D eigenvalue weighted by Crippen LogP contribution is -2.51. The van der Waals surface area contributed by atoms with Crippen LogP contribution in [-0.2, 0) is 20.7 Å². The van der Waals surface area contributed by atoms with Crippen LogP contribution in [0.1, 0.15) is 53.0 Å². The molecule has 29 heavy (non-hydrogen) atoms. The second kappa shape index (κ2) is 8.71. The van der Waals surface area contributed by atoms with E-state index in [9.17, 15) is 14.4 Å². The van der Waals surface area contributed by atoms with E-state index in [0.29, 0.717) is 24.3 Å². The van der Waals surface area contributed by atoms with E-state index >= 15 is 0 Å². The Balaban J connectivity index is 1.94. The molecule has 1 aliphatic heterocycles. The normalized spacial score (nSPS) is 16.8. The van der Waals surface area contributed by atoms with Crippen LogP contribution in [0.2, 0.25) is 0 Å². The van der Waals surface area contributed by atoms with Gasteiger partial charge in [0.25, 0.3) is 0 Å². The lowest BCUT2D eigenvalue weighted by molar-refractivity contribution is -0.127. The number of nitrogens with one attached hydrogen (secondary N) is 3. The molecule has 1 unspecified atom stereocenters. The molecule has 8 heteroatoms. The van der Waals surface area contributed by atoms with Crippen molar-refractivity contribution in [3.63, 3.8) is 0 Å². The number of hydrogen-bond acceptors (Lipinski definition) is 5. The van der Waals surface area contributed by atoms with E-state index in [1.165, 1.54) is 0 Å². The lowest BCUT2D eigenvalue weighted by atomic mass is 9.99. The third-order valence-electron chi connectivity index (χ3n) is 4.37. The molecule has 1 aromatic rings. The minimum Gasteiger partial charge on any atom is -0.497 e. The number of rotatable bonds is 5. The number of amides is 3. The molecule has 1 aliphatic rings. The van der Waals surface area contributed by atoms with Crippen LogP contribution < -0.4 is 20.7 Å². The van der Waals surface area contributed by atoms with Gasteiger partial charge in [-0.05, 0) is 59.1 Å². The summed E-state index contributed by atoms with van der Waals surface area (Å²) >= 11 is 0. The van der Waals surface area contributed by atoms with E-state index in [0.717, 1.165) is 5.56 Å². The molecule has 2 rings (SSSR count). The number of benzene rings is 1. The quantitative estimate of drug-likeness (QED) is 0.698. The first-order chi connectivity index (χ1) is 13.4. The van der Waals surface area contributed by atoms with E-state index in [1.807, 2.05) is 12.1 Å². The van der Waals surface area contributed by atoms with E-state index in [4.69, 9.17) is 9.47 Å². The highest BCUT2D eigenvalue weighted by molar-refractivity contribution is 5.98. The Hall–Kier alpha value is -2.77. The zero-order valence-electron chi connectivity index (χ0n) is 18.0. The highest BCUT2D eigenvalue weighted by Gasteiger charge is 2.30. The third-order valence-corrected chi connectivity index (χ3v) is 4.37. The van der Waals surface area contributed by atoms with E-state index < -0.39 is 23.3 Å². The number of anilines is 1. The SMILES string of the molecule is COc1ccc2c(c1)NC(=O)C(NC(=O)CC(C)(C)NC(=O)OC(C)(C)C)CC2. The summed E-state index contributed by atoms with van der Waals surface area (Å²) in [7, 11) is 1.57. The maximum atomic E-state index is 12.6. The first-order valence-electron chi connectivity index (χ1n) is 9.67. The Labute approximate surface area is 171 Å². The standard InChI is InChI=1S/C21H31N3O5/c1-20(2,3)29-19(27)24-21(4,5)12-17(25)22-15-10-8-13-7-9-14(28-6)11-16(13)23-18(15)26/h7,9,11,15H,8,10,12H2,1-6H3,(H,22,25)(H,23,26)(H,24,27). The first kappa shape index (κ1) is 22.5. The summed E-state index contributed by atoms with van der Waals surface area (Å²) in [4.78, 5) is 37.1. The highest BCUT2D eigenvalue weighted by atomic mass is 16.6. The predicted molar refractivity (Wildman–Crippen MR) is 110 cm³/mol. The molecule has 1 heterocycles. The van der Waals surface area contributed by atoms with Crippen molar-refractivity contribution in [2.45, 2.75) is 71.1 Å². The molecule has 1 atom stereocenters. The zero-order chi connectivity index (χ0) is 21.8. The van der Waals surface area contributed by atoms with Gasteiger partial charge in [-0.3, -0.25) is 9.59 Å². The Morgan fingerprint density at radius 2 is 1.90 bits per heavy atom. The molecule has 160 valence electrons. The number of carbonyl (C=O) groups is 3. The molecule has 0 saturated heterocycles. The minimum absolute atomic E-state index is 0.0107. The fraction of sp³-hybridized carbons (Fsp3) is 0.571. The van der Waals surface area contributed by atoms with Gasteiger partial charge >= 0.3 is 6.09 Å². The molecule has 0 bridgehead atoms. The summed E-state index contributed by atoms with van der Waals surface area (Å²) in [6, 6.07) is 4.87. The van der Waals surface area contributed by atoms with Crippen LogP contribution in [0.25, 0.3) is 0 Å². The molecule has 0 radical (unpaired) electrons. The molecule has 0 fully saturated rings. The van der Waals surface area contributed by atoms with Gasteiger partial charge in [-0.1, -0.05) is 6.07 Å². The smallest absolute Gasteiger partial charge is 0.408 e. The van der Waals surface area contributed by atoms with Gasteiger partial charge in [-0.15, -0.1) is 0 Å². The fourth-order valence-corrected chi connectivity index (χ4v) is 3.08. The molecule has 0 aliphatic carbocycles. The third kappa shape index (κ3) is 6.96. The maximum Gasteiger partial charge on any atom is 0.408 e. The second-order valence-corrected chi connectivity index (χ2v) is 8.86. The highest BCUT2D eigenvalue weighted by Crippen LogP contribution is 2.26. The van der Waals surface area contributed by atoms with Gasteiger partial charge in [-0.25, -0.2) is 4.79 Å². The average Bonchev–Trinajstić information content (AvgIpc) is 2.70. The van der Waals surface area contributed by atoms with Gasteiger partial charge < -0.3 is 25.4 Å². The van der Waals surface area contributed by atoms with Crippen LogP contribution in [0.15, 0.2) is 18.2 Å². The zero-order valence-corrected chi connectivity index (χ0v) is 18.0. The number of ether oxygens (including phenoxy) is 2. The summed E-state index contributed by atoms with van der Waals surface area (Å²) in [5.74, 6) is 0.0551. The van der Waals surface area contributed by atoms with Gasteiger partial charge in [0.1, 0.15) is 17.4 Å². The topological polar surface area (TPSA) is 106 Å². The number of fused-ring (bicyclic) bond motifs is 1. The number of hydrogen-bond donors (Lipinski definition) is 3. The summed E-state index contributed by atoms with van der Waals surface area (Å²) < 4.78 is 10.4. The minimum atomic E-state index is -0.829. The maximum absolute atomic E-state index is 12.6. The van der Waals surface area contributed by atoms with Crippen LogP contribution >= 0.6 is 0 Å². The van der Waals surface area contributed by atoms with Crippen molar-refractivity contribution in [2.24, 2.45) is 0 Å². The Bertz CT molecular complexity index is 783. The number of methoxy groups -OCH3 is 1. The van der Waals surface area contributed by atoms with Crippen LogP contribution in [-0.4, -0.2) is 42.2 Å². The summed E-state index contributed by atoms with van der Waals surface area (Å²) in [5.41, 5.74) is 0.225. The summed E-state index contributed by atoms with van der Waals surface area (Å²) in [5, 5.41) is 8.32. The molecule has 0 saturated carbocycles. The van der Waals surface area contributed by atoms with Gasteiger partial charge in [0.2, 0.25) is 11.8 Å². The molecule has 0 spiro atoms. The van der Waals surface area contributed by atoms with Gasteiger partial charge in [0.15, 0.2) is 0 Å². The Morgan fingerprint density at radius 1 is 1.21 bits per heavy atom. The summed E-state index contributed by atoms with van der Waals surface area (Å²) in [6.07, 6.45) is 0.544. The van der Waals surface area contributed by atoms with Crippen molar-refractivity contribution in [3.8, 4) is 5.75 Å². The molecule has 0 aromatic heterocycles. The monoisotopic (exact) mass is 405 g/mol. The molecular weight excluding hydrogens is 374 g/mol. The molecular formula is C21H31N3O5. The number of aryl methyl sites for hydroxylation is 1. The largest absolute Gasteiger partial charge is 0.497 e. The van der Waals surface area contributed by atoms with Crippen LogP contribution in [0.3, 0.4) is 0 Å². The van der Waals surface area contributed by atoms with Crippen molar-refractivity contribution < 1.29 is 23.9 Å². The molecule has 3 amide bonds. The first-order valence-corrected chi connectivity index (χ1v) is 9.67. The van der Waals surface area contributed by atoms with Crippen molar-refractivity contribution in [1.29, 1.82) is 0 Å². The summed E-state index contributed by atoms with van der Waals surface area (Å²) in [6.45, 7) is 8.76. The number of carbonyl (C=O) groups excluding carboxylic acids is 3. The van der Waals surface area contributed by atoms with Gasteiger partial charge in [0.05, 0.1) is 7.11 Å². The van der Waals surface area contributed by atoms with Crippen molar-refractivity contribution in [2.75, 3.05) is 12.4 Å². The molecule has 1 aromatic carbocycles. The van der Waals surface area contributed by atoms with E-state index in [2.05, 4.69) is 16.0 Å². The lowest BCUT2D eigenvalue weighted by Gasteiger charge is -2.28. The molecule has 8 nitrogen and oxygen atoms in total. The number of alkyl carbamates (subject to hydrolysis) is 1. The van der Waals surface area contributed by atoms with Crippen LogP contribution in [0.5, 0.6) is 5.75 Å². The van der Waals surface area contributed by atoms with Crippen LogP contribution in [0.4, 0.5) is 10.5 Å². The molecule has 3 N–H and O–H groups in total. The van der Waals surface area contributed by atoms with Gasteiger partial charge in [-0.2, -0.15) is 0 Å².